The molecule has 2 aromatic heterocycles. The van der Waals surface area contributed by atoms with Gasteiger partial charge in [-0.1, -0.05) is 12.1 Å². The lowest BCUT2D eigenvalue weighted by Gasteiger charge is -2.21. The Kier molecular flexibility index (Phi) is 5.93. The molecule has 1 aromatic carbocycles. The Hall–Kier alpha value is -2.78. The van der Waals surface area contributed by atoms with E-state index in [1.54, 1.807) is 16.4 Å². The molecule has 0 unspecified atom stereocenters. The molecule has 4 rings (SSSR count). The molecule has 0 saturated carbocycles. The number of rotatable bonds is 7. The molecule has 3 aromatic rings. The molecule has 9 heteroatoms. The first-order chi connectivity index (χ1) is 13.8. The average molecular weight is 398 g/mol. The number of carbonyl (C=O) groups excluding carboxylic acids is 1. The molecule has 0 spiro atoms. The number of thiazole rings is 1. The van der Waals surface area contributed by atoms with E-state index in [4.69, 9.17) is 4.74 Å². The van der Waals surface area contributed by atoms with Crippen molar-refractivity contribution in [3.05, 3.63) is 53.6 Å². The van der Waals surface area contributed by atoms with E-state index in [1.165, 1.54) is 17.7 Å². The lowest BCUT2D eigenvalue weighted by molar-refractivity contribution is 0.0642. The third-order valence-electron chi connectivity index (χ3n) is 4.69. The summed E-state index contributed by atoms with van der Waals surface area (Å²) in [4.78, 5) is 20.6. The molecule has 1 fully saturated rings. The van der Waals surface area contributed by atoms with Crippen LogP contribution in [-0.4, -0.2) is 45.4 Å². The number of benzene rings is 1. The zero-order valence-corrected chi connectivity index (χ0v) is 16.2. The second-order valence-electron chi connectivity index (χ2n) is 6.66. The zero-order chi connectivity index (χ0) is 19.2. The Morgan fingerprint density at radius 3 is 2.82 bits per heavy atom. The highest BCUT2D eigenvalue weighted by Crippen LogP contribution is 2.18. The van der Waals surface area contributed by atoms with Crippen LogP contribution in [0.2, 0.25) is 0 Å². The quantitative estimate of drug-likeness (QED) is 0.635. The van der Waals surface area contributed by atoms with Crippen molar-refractivity contribution in [2.75, 3.05) is 25.1 Å². The highest BCUT2D eigenvalue weighted by atomic mass is 32.1. The number of nitrogens with zero attached hydrogens (tertiary/aromatic N) is 4. The number of hydrogen-bond donors (Lipinski definition) is 2. The minimum atomic E-state index is -0.118. The predicted molar refractivity (Wildman–Crippen MR) is 107 cm³/mol. The maximum absolute atomic E-state index is 12.3. The summed E-state index contributed by atoms with van der Waals surface area (Å²) in [5.74, 6) is 0.377. The van der Waals surface area contributed by atoms with E-state index in [0.29, 0.717) is 24.7 Å². The van der Waals surface area contributed by atoms with Crippen LogP contribution in [0.5, 0.6) is 0 Å². The maximum Gasteiger partial charge on any atom is 0.270 e. The molecule has 0 bridgehead atoms. The molecule has 0 radical (unpaired) electrons. The van der Waals surface area contributed by atoms with Crippen molar-refractivity contribution in [2.24, 2.45) is 5.92 Å². The van der Waals surface area contributed by atoms with Crippen molar-refractivity contribution < 1.29 is 9.53 Å². The van der Waals surface area contributed by atoms with E-state index in [2.05, 4.69) is 25.7 Å². The van der Waals surface area contributed by atoms with Gasteiger partial charge in [-0.25, -0.2) is 14.6 Å². The topological polar surface area (TPSA) is 94.0 Å². The van der Waals surface area contributed by atoms with Crippen molar-refractivity contribution in [1.29, 1.82) is 0 Å². The van der Waals surface area contributed by atoms with Crippen LogP contribution in [0.25, 0.3) is 5.69 Å². The van der Waals surface area contributed by atoms with E-state index in [9.17, 15) is 4.79 Å². The van der Waals surface area contributed by atoms with Crippen molar-refractivity contribution in [1.82, 2.24) is 25.1 Å². The molecule has 2 N–H and O–H groups in total. The van der Waals surface area contributed by atoms with E-state index >= 15 is 0 Å². The van der Waals surface area contributed by atoms with Crippen LogP contribution < -0.4 is 10.6 Å². The van der Waals surface area contributed by atoms with Crippen molar-refractivity contribution in [2.45, 2.75) is 19.4 Å². The number of hydrogen-bond acceptors (Lipinski definition) is 7. The summed E-state index contributed by atoms with van der Waals surface area (Å²) >= 11 is 1.43. The van der Waals surface area contributed by atoms with Gasteiger partial charge in [0, 0.05) is 31.7 Å². The van der Waals surface area contributed by atoms with E-state index in [-0.39, 0.29) is 5.91 Å². The molecule has 1 aliphatic rings. The summed E-state index contributed by atoms with van der Waals surface area (Å²) < 4.78 is 7.06. The largest absolute Gasteiger partial charge is 0.381 e. The first kappa shape index (κ1) is 18.6. The Morgan fingerprint density at radius 2 is 2.07 bits per heavy atom. The van der Waals surface area contributed by atoms with Gasteiger partial charge in [0.15, 0.2) is 5.13 Å². The first-order valence-electron chi connectivity index (χ1n) is 9.27. The molecule has 1 saturated heterocycles. The number of nitrogens with one attached hydrogen (secondary N) is 2. The number of anilines is 1. The molecule has 8 nitrogen and oxygen atoms in total. The van der Waals surface area contributed by atoms with Crippen LogP contribution in [0.1, 0.15) is 28.9 Å². The monoisotopic (exact) mass is 398 g/mol. The predicted octanol–water partition coefficient (Wildman–Crippen LogP) is 2.49. The molecule has 28 heavy (non-hydrogen) atoms. The number of ether oxygens (including phenoxy) is 1. The maximum atomic E-state index is 12.3. The van der Waals surface area contributed by atoms with Crippen LogP contribution >= 0.6 is 11.3 Å². The summed E-state index contributed by atoms with van der Waals surface area (Å²) in [6, 6.07) is 8.03. The van der Waals surface area contributed by atoms with Crippen LogP contribution in [0.4, 0.5) is 5.13 Å². The van der Waals surface area contributed by atoms with Crippen LogP contribution in [0.3, 0.4) is 0 Å². The lowest BCUT2D eigenvalue weighted by Crippen LogP contribution is -2.32. The minimum absolute atomic E-state index is 0.118. The Balaban J connectivity index is 1.26. The fraction of sp³-hybridized carbons (Fsp3) is 0.368. The SMILES string of the molecule is O=C(NCC1CCOCC1)c1csc(NCc2ccc(-n3cncn3)cc2)n1. The summed E-state index contributed by atoms with van der Waals surface area (Å²) in [5, 5.41) is 12.9. The summed E-state index contributed by atoms with van der Waals surface area (Å²) in [6.07, 6.45) is 5.17. The van der Waals surface area contributed by atoms with E-state index in [1.807, 2.05) is 24.3 Å². The zero-order valence-electron chi connectivity index (χ0n) is 15.4. The van der Waals surface area contributed by atoms with Gasteiger partial charge in [-0.3, -0.25) is 4.79 Å². The van der Waals surface area contributed by atoms with Crippen LogP contribution in [0, 0.1) is 5.92 Å². The highest BCUT2D eigenvalue weighted by Gasteiger charge is 2.16. The Labute approximate surface area is 167 Å². The summed E-state index contributed by atoms with van der Waals surface area (Å²) in [7, 11) is 0. The van der Waals surface area contributed by atoms with Gasteiger partial charge in [0.1, 0.15) is 18.3 Å². The van der Waals surface area contributed by atoms with Crippen LogP contribution in [-0.2, 0) is 11.3 Å². The van der Waals surface area contributed by atoms with Crippen molar-refractivity contribution >= 4 is 22.4 Å². The van der Waals surface area contributed by atoms with Gasteiger partial charge in [-0.2, -0.15) is 5.10 Å². The molecule has 0 atom stereocenters. The van der Waals surface area contributed by atoms with Gasteiger partial charge in [0.25, 0.3) is 5.91 Å². The van der Waals surface area contributed by atoms with Crippen LogP contribution in [0.15, 0.2) is 42.3 Å². The molecule has 3 heterocycles. The van der Waals surface area contributed by atoms with Crippen molar-refractivity contribution in [3.8, 4) is 5.69 Å². The Morgan fingerprint density at radius 1 is 1.25 bits per heavy atom. The molecule has 146 valence electrons. The highest BCUT2D eigenvalue weighted by molar-refractivity contribution is 7.13. The van der Waals surface area contributed by atoms with Crippen molar-refractivity contribution in [3.63, 3.8) is 0 Å². The molecule has 0 aliphatic carbocycles. The third-order valence-corrected chi connectivity index (χ3v) is 5.49. The van der Waals surface area contributed by atoms with Gasteiger partial charge >= 0.3 is 0 Å². The van der Waals surface area contributed by atoms with Gasteiger partial charge in [0.05, 0.1) is 5.69 Å². The molecule has 1 aliphatic heterocycles. The Bertz CT molecular complexity index is 888. The molecular formula is C19H22N6O2S. The smallest absolute Gasteiger partial charge is 0.270 e. The van der Waals surface area contributed by atoms with Gasteiger partial charge in [-0.05, 0) is 36.5 Å². The normalized spacial score (nSPS) is 14.7. The summed E-state index contributed by atoms with van der Waals surface area (Å²) in [5.41, 5.74) is 2.53. The van der Waals surface area contributed by atoms with E-state index in [0.717, 1.165) is 42.4 Å². The van der Waals surface area contributed by atoms with Gasteiger partial charge < -0.3 is 15.4 Å². The average Bonchev–Trinajstić information content (AvgIpc) is 3.44. The fourth-order valence-corrected chi connectivity index (χ4v) is 3.71. The molecule has 1 amide bonds. The van der Waals surface area contributed by atoms with E-state index < -0.39 is 0 Å². The minimum Gasteiger partial charge on any atom is -0.381 e. The fourth-order valence-electron chi connectivity index (χ4n) is 3.02. The number of carbonyl (C=O) groups is 1. The second-order valence-corrected chi connectivity index (χ2v) is 7.52. The van der Waals surface area contributed by atoms with Gasteiger partial charge in [0.2, 0.25) is 0 Å². The summed E-state index contributed by atoms with van der Waals surface area (Å²) in [6.45, 7) is 2.88. The first-order valence-corrected chi connectivity index (χ1v) is 10.2. The molecular weight excluding hydrogens is 376 g/mol. The number of aromatic nitrogens is 4. The lowest BCUT2D eigenvalue weighted by atomic mass is 10.0. The number of amides is 1. The van der Waals surface area contributed by atoms with Gasteiger partial charge in [-0.15, -0.1) is 11.3 Å². The standard InChI is InChI=1S/C19H22N6O2S/c26-18(21-9-15-5-7-27-8-6-15)17-11-28-19(24-17)22-10-14-1-3-16(4-2-14)25-13-20-12-23-25/h1-4,11-13,15H,5-10H2,(H,21,26)(H,22,24). The third kappa shape index (κ3) is 4.73. The second kappa shape index (κ2) is 8.94.